The first-order valence-electron chi connectivity index (χ1n) is 7.40. The summed E-state index contributed by atoms with van der Waals surface area (Å²) in [7, 11) is 0. The van der Waals surface area contributed by atoms with Crippen molar-refractivity contribution in [3.8, 4) is 0 Å². The van der Waals surface area contributed by atoms with E-state index in [9.17, 15) is 0 Å². The average molecular weight is 303 g/mol. The number of halogens is 1. The molecule has 3 heteroatoms. The van der Waals surface area contributed by atoms with E-state index in [-0.39, 0.29) is 6.04 Å². The van der Waals surface area contributed by atoms with Crippen LogP contribution < -0.4 is 10.6 Å². The van der Waals surface area contributed by atoms with Crippen molar-refractivity contribution >= 4 is 23.0 Å². The van der Waals surface area contributed by atoms with E-state index in [1.807, 2.05) is 19.1 Å². The van der Waals surface area contributed by atoms with E-state index >= 15 is 0 Å². The highest BCUT2D eigenvalue weighted by Gasteiger charge is 2.16. The summed E-state index contributed by atoms with van der Waals surface area (Å²) in [5.74, 6) is 0. The maximum atomic E-state index is 6.42. The number of nitrogens with zero attached hydrogens (tertiary/aromatic N) is 1. The maximum absolute atomic E-state index is 6.42. The molecule has 0 aliphatic rings. The molecule has 112 valence electrons. The largest absolute Gasteiger partial charge is 0.341 e. The van der Waals surface area contributed by atoms with E-state index in [1.54, 1.807) is 0 Å². The van der Waals surface area contributed by atoms with Crippen LogP contribution in [0.15, 0.2) is 42.5 Å². The Labute approximate surface area is 132 Å². The Hall–Kier alpha value is -1.51. The lowest BCUT2D eigenvalue weighted by atomic mass is 10.0. The van der Waals surface area contributed by atoms with Crippen molar-refractivity contribution < 1.29 is 0 Å². The number of hydrogen-bond donors (Lipinski definition) is 1. The van der Waals surface area contributed by atoms with E-state index in [1.165, 1.54) is 11.3 Å². The van der Waals surface area contributed by atoms with Gasteiger partial charge in [0.1, 0.15) is 0 Å². The second kappa shape index (κ2) is 6.97. The summed E-state index contributed by atoms with van der Waals surface area (Å²) in [6, 6.07) is 14.6. The minimum Gasteiger partial charge on any atom is -0.341 e. The summed E-state index contributed by atoms with van der Waals surface area (Å²) in [5.41, 5.74) is 10.7. The lowest BCUT2D eigenvalue weighted by Crippen LogP contribution is -2.23. The number of anilines is 2. The van der Waals surface area contributed by atoms with Gasteiger partial charge in [-0.05, 0) is 56.5 Å². The Kier molecular flexibility index (Phi) is 5.27. The molecule has 2 N–H and O–H groups in total. The van der Waals surface area contributed by atoms with E-state index in [4.69, 9.17) is 17.3 Å². The zero-order valence-corrected chi connectivity index (χ0v) is 13.7. The molecule has 0 aromatic heterocycles. The van der Waals surface area contributed by atoms with Gasteiger partial charge >= 0.3 is 0 Å². The topological polar surface area (TPSA) is 29.3 Å². The highest BCUT2D eigenvalue weighted by atomic mass is 35.5. The van der Waals surface area contributed by atoms with Crippen LogP contribution in [0.1, 0.15) is 25.0 Å². The zero-order chi connectivity index (χ0) is 15.4. The van der Waals surface area contributed by atoms with E-state index in [2.05, 4.69) is 49.1 Å². The van der Waals surface area contributed by atoms with E-state index in [0.717, 1.165) is 29.2 Å². The van der Waals surface area contributed by atoms with Gasteiger partial charge in [-0.15, -0.1) is 0 Å². The Balaban J connectivity index is 2.53. The third-order valence-electron chi connectivity index (χ3n) is 3.63. The highest BCUT2D eigenvalue weighted by molar-refractivity contribution is 6.31. The minimum absolute atomic E-state index is 0.0826. The smallest absolute Gasteiger partial charge is 0.0459 e. The molecule has 2 aromatic rings. The Morgan fingerprint density at radius 1 is 1.10 bits per heavy atom. The molecule has 0 bridgehead atoms. The van der Waals surface area contributed by atoms with Crippen LogP contribution in [0.2, 0.25) is 5.02 Å². The lowest BCUT2D eigenvalue weighted by molar-refractivity contribution is 0.736. The van der Waals surface area contributed by atoms with Crippen molar-refractivity contribution in [1.29, 1.82) is 0 Å². The first kappa shape index (κ1) is 15.9. The van der Waals surface area contributed by atoms with E-state index < -0.39 is 0 Å². The van der Waals surface area contributed by atoms with Crippen molar-refractivity contribution in [1.82, 2.24) is 0 Å². The maximum Gasteiger partial charge on any atom is 0.0459 e. The second-order valence-corrected chi connectivity index (χ2v) is 5.86. The first-order chi connectivity index (χ1) is 10.0. The summed E-state index contributed by atoms with van der Waals surface area (Å²) >= 11 is 6.42. The van der Waals surface area contributed by atoms with E-state index in [0.29, 0.717) is 0 Å². The standard InChI is InChI=1S/C18H23ClN2/c1-4-21(17-10-6-5-8-13(17)2)18-11-7-9-16(19)15(18)12-14(3)20/h5-11,14H,4,12,20H2,1-3H3. The summed E-state index contributed by atoms with van der Waals surface area (Å²) in [4.78, 5) is 2.30. The molecule has 0 aliphatic carbocycles. The molecule has 2 aromatic carbocycles. The van der Waals surface area contributed by atoms with Crippen molar-refractivity contribution in [3.63, 3.8) is 0 Å². The van der Waals surface area contributed by atoms with Crippen molar-refractivity contribution in [2.75, 3.05) is 11.4 Å². The summed E-state index contributed by atoms with van der Waals surface area (Å²) in [6.07, 6.45) is 0.775. The fourth-order valence-corrected chi connectivity index (χ4v) is 2.91. The molecule has 0 saturated carbocycles. The molecule has 0 aliphatic heterocycles. The highest BCUT2D eigenvalue weighted by Crippen LogP contribution is 2.34. The molecule has 0 saturated heterocycles. The predicted molar refractivity (Wildman–Crippen MR) is 92.7 cm³/mol. The number of para-hydroxylation sites is 1. The molecule has 0 heterocycles. The van der Waals surface area contributed by atoms with Crippen LogP contribution in [0, 0.1) is 6.92 Å². The van der Waals surface area contributed by atoms with Gasteiger partial charge in [-0.2, -0.15) is 0 Å². The Bertz CT molecular complexity index is 608. The van der Waals surface area contributed by atoms with Crippen LogP contribution in [-0.4, -0.2) is 12.6 Å². The molecule has 2 rings (SSSR count). The summed E-state index contributed by atoms with van der Waals surface area (Å²) in [5, 5.41) is 0.789. The first-order valence-corrected chi connectivity index (χ1v) is 7.78. The minimum atomic E-state index is 0.0826. The Morgan fingerprint density at radius 2 is 1.76 bits per heavy atom. The van der Waals surface area contributed by atoms with Gasteiger partial charge < -0.3 is 10.6 Å². The van der Waals surface area contributed by atoms with Crippen LogP contribution in [-0.2, 0) is 6.42 Å². The van der Waals surface area contributed by atoms with Gasteiger partial charge in [0, 0.05) is 29.0 Å². The third kappa shape index (κ3) is 3.58. The summed E-state index contributed by atoms with van der Waals surface area (Å²) < 4.78 is 0. The van der Waals surface area contributed by atoms with Crippen molar-refractivity contribution in [2.24, 2.45) is 5.73 Å². The molecule has 1 atom stereocenters. The van der Waals surface area contributed by atoms with Crippen LogP contribution in [0.4, 0.5) is 11.4 Å². The predicted octanol–water partition coefficient (Wildman–Crippen LogP) is 4.70. The number of rotatable bonds is 5. The zero-order valence-electron chi connectivity index (χ0n) is 12.9. The van der Waals surface area contributed by atoms with Gasteiger partial charge in [-0.3, -0.25) is 0 Å². The molecule has 0 amide bonds. The van der Waals surface area contributed by atoms with Crippen molar-refractivity contribution in [2.45, 2.75) is 33.2 Å². The molecular formula is C18H23ClN2. The fourth-order valence-electron chi connectivity index (χ4n) is 2.66. The fraction of sp³-hybridized carbons (Fsp3) is 0.333. The van der Waals surface area contributed by atoms with Gasteiger partial charge in [0.25, 0.3) is 0 Å². The average Bonchev–Trinajstić information content (AvgIpc) is 2.44. The number of benzene rings is 2. The third-order valence-corrected chi connectivity index (χ3v) is 3.99. The van der Waals surface area contributed by atoms with Gasteiger partial charge in [0.2, 0.25) is 0 Å². The van der Waals surface area contributed by atoms with Crippen molar-refractivity contribution in [3.05, 3.63) is 58.6 Å². The molecular weight excluding hydrogens is 280 g/mol. The number of aryl methyl sites for hydroxylation is 1. The van der Waals surface area contributed by atoms with Crippen LogP contribution in [0.25, 0.3) is 0 Å². The van der Waals surface area contributed by atoms with Gasteiger partial charge in [-0.25, -0.2) is 0 Å². The van der Waals surface area contributed by atoms with Crippen LogP contribution in [0.3, 0.4) is 0 Å². The number of nitrogens with two attached hydrogens (primary N) is 1. The van der Waals surface area contributed by atoms with Gasteiger partial charge in [0.15, 0.2) is 0 Å². The Morgan fingerprint density at radius 3 is 2.38 bits per heavy atom. The van der Waals surface area contributed by atoms with Gasteiger partial charge in [-0.1, -0.05) is 35.9 Å². The molecule has 0 fully saturated rings. The molecule has 21 heavy (non-hydrogen) atoms. The van der Waals surface area contributed by atoms with Crippen LogP contribution in [0.5, 0.6) is 0 Å². The molecule has 0 spiro atoms. The molecule has 1 unspecified atom stereocenters. The number of hydrogen-bond acceptors (Lipinski definition) is 2. The quantitative estimate of drug-likeness (QED) is 0.867. The lowest BCUT2D eigenvalue weighted by Gasteiger charge is -2.28. The van der Waals surface area contributed by atoms with Crippen LogP contribution >= 0.6 is 11.6 Å². The summed E-state index contributed by atoms with van der Waals surface area (Å²) in [6.45, 7) is 7.19. The monoisotopic (exact) mass is 302 g/mol. The SMILES string of the molecule is CCN(c1ccccc1C)c1cccc(Cl)c1CC(C)N. The molecule has 0 radical (unpaired) electrons. The van der Waals surface area contributed by atoms with Gasteiger partial charge in [0.05, 0.1) is 0 Å². The molecule has 2 nitrogen and oxygen atoms in total. The normalized spacial score (nSPS) is 12.2. The second-order valence-electron chi connectivity index (χ2n) is 5.45.